The Morgan fingerprint density at radius 3 is 2.60 bits per heavy atom. The molecule has 0 radical (unpaired) electrons. The van der Waals surface area contributed by atoms with Gasteiger partial charge in [-0.25, -0.2) is 0 Å². The third-order valence-electron chi connectivity index (χ3n) is 4.01. The molecule has 158 valence electrons. The van der Waals surface area contributed by atoms with E-state index in [1.807, 2.05) is 31.2 Å². The summed E-state index contributed by atoms with van der Waals surface area (Å²) in [7, 11) is -3.80. The van der Waals surface area contributed by atoms with Gasteiger partial charge in [-0.3, -0.25) is 9.69 Å². The average Bonchev–Trinajstić information content (AvgIpc) is 2.91. The molecule has 2 aromatic carbocycles. The summed E-state index contributed by atoms with van der Waals surface area (Å²) in [4.78, 5) is 14.9. The zero-order valence-electron chi connectivity index (χ0n) is 16.3. The first kappa shape index (κ1) is 22.6. The van der Waals surface area contributed by atoms with Crippen LogP contribution in [0.1, 0.15) is 18.1 Å². The van der Waals surface area contributed by atoms with Gasteiger partial charge in [0.2, 0.25) is 5.75 Å². The van der Waals surface area contributed by atoms with Gasteiger partial charge in [-0.05, 0) is 49.2 Å². The summed E-state index contributed by atoms with van der Waals surface area (Å²) < 4.78 is 33.9. The van der Waals surface area contributed by atoms with Crippen molar-refractivity contribution in [3.63, 3.8) is 0 Å². The predicted octanol–water partition coefficient (Wildman–Crippen LogP) is 4.79. The number of amides is 1. The summed E-state index contributed by atoms with van der Waals surface area (Å²) in [6, 6.07) is 10.6. The lowest BCUT2D eigenvalue weighted by Crippen LogP contribution is -2.28. The zero-order valence-corrected chi connectivity index (χ0v) is 19.5. The van der Waals surface area contributed by atoms with Crippen LogP contribution in [0.15, 0.2) is 41.3 Å². The van der Waals surface area contributed by atoms with Crippen LogP contribution in [0, 0.1) is 6.92 Å². The normalized spacial score (nSPS) is 15.7. The number of thioether (sulfide) groups is 1. The van der Waals surface area contributed by atoms with Crippen molar-refractivity contribution in [1.29, 1.82) is 0 Å². The Kier molecular flexibility index (Phi) is 6.76. The number of thiocarbonyl (C=S) groups is 1. The molecular formula is C20H18ClNO5S3. The van der Waals surface area contributed by atoms with E-state index in [1.165, 1.54) is 22.7 Å². The highest BCUT2D eigenvalue weighted by Gasteiger charge is 2.34. The maximum absolute atomic E-state index is 13.0. The highest BCUT2D eigenvalue weighted by atomic mass is 35.5. The highest BCUT2D eigenvalue weighted by Crippen LogP contribution is 2.41. The molecule has 30 heavy (non-hydrogen) atoms. The van der Waals surface area contributed by atoms with E-state index < -0.39 is 10.1 Å². The molecule has 0 saturated carbocycles. The molecular weight excluding hydrogens is 466 g/mol. The van der Waals surface area contributed by atoms with Crippen molar-refractivity contribution >= 4 is 67.7 Å². The Morgan fingerprint density at radius 2 is 1.97 bits per heavy atom. The van der Waals surface area contributed by atoms with Crippen LogP contribution < -0.4 is 13.8 Å². The van der Waals surface area contributed by atoms with Gasteiger partial charge in [0, 0.05) is 0 Å². The molecule has 1 aliphatic rings. The summed E-state index contributed by atoms with van der Waals surface area (Å²) in [6.07, 6.45) is 2.56. The maximum Gasteiger partial charge on any atom is 0.306 e. The summed E-state index contributed by atoms with van der Waals surface area (Å²) >= 11 is 12.8. The van der Waals surface area contributed by atoms with Crippen LogP contribution in [-0.4, -0.2) is 31.5 Å². The van der Waals surface area contributed by atoms with Crippen molar-refractivity contribution in [2.75, 3.05) is 17.8 Å². The topological polar surface area (TPSA) is 72.9 Å². The van der Waals surface area contributed by atoms with E-state index >= 15 is 0 Å². The summed E-state index contributed by atoms with van der Waals surface area (Å²) in [5.74, 6) is -0.175. The van der Waals surface area contributed by atoms with Gasteiger partial charge in [-0.1, -0.05) is 53.8 Å². The van der Waals surface area contributed by atoms with E-state index in [1.54, 1.807) is 19.1 Å². The van der Waals surface area contributed by atoms with E-state index in [0.717, 1.165) is 17.5 Å². The molecule has 0 N–H and O–H groups in total. The molecule has 0 spiro atoms. The van der Waals surface area contributed by atoms with Crippen molar-refractivity contribution in [3.8, 4) is 11.5 Å². The molecule has 2 aromatic rings. The Hall–Kier alpha value is -2.07. The van der Waals surface area contributed by atoms with Crippen LogP contribution in [-0.2, 0) is 14.9 Å². The molecule has 1 heterocycles. The van der Waals surface area contributed by atoms with E-state index in [4.69, 9.17) is 32.7 Å². The SMILES string of the molecule is CCOc1cc(/C=C2/SC(=S)N(c3ccccc3C)C2=O)cc(Cl)c1OS(C)(=O)=O. The number of hydrogen-bond acceptors (Lipinski definition) is 7. The number of rotatable bonds is 6. The second kappa shape index (κ2) is 8.97. The van der Waals surface area contributed by atoms with Crippen molar-refractivity contribution < 1.29 is 22.1 Å². The molecule has 0 unspecified atom stereocenters. The van der Waals surface area contributed by atoms with Crippen LogP contribution in [0.2, 0.25) is 5.02 Å². The highest BCUT2D eigenvalue weighted by molar-refractivity contribution is 8.27. The number of carbonyl (C=O) groups excluding carboxylic acids is 1. The van der Waals surface area contributed by atoms with Crippen molar-refractivity contribution in [3.05, 3.63) is 57.5 Å². The van der Waals surface area contributed by atoms with Gasteiger partial charge in [-0.2, -0.15) is 8.42 Å². The Morgan fingerprint density at radius 1 is 1.27 bits per heavy atom. The number of benzene rings is 2. The van der Waals surface area contributed by atoms with Gasteiger partial charge in [-0.15, -0.1) is 0 Å². The summed E-state index contributed by atoms with van der Waals surface area (Å²) in [6.45, 7) is 3.93. The summed E-state index contributed by atoms with van der Waals surface area (Å²) in [5.41, 5.74) is 2.21. The van der Waals surface area contributed by atoms with Crippen LogP contribution in [0.25, 0.3) is 6.08 Å². The number of hydrogen-bond donors (Lipinski definition) is 0. The number of para-hydroxylation sites is 1. The first-order valence-corrected chi connectivity index (χ1v) is 12.2. The molecule has 6 nitrogen and oxygen atoms in total. The minimum absolute atomic E-state index is 0.0482. The van der Waals surface area contributed by atoms with E-state index in [2.05, 4.69) is 0 Å². The number of aryl methyl sites for hydroxylation is 1. The van der Waals surface area contributed by atoms with Crippen molar-refractivity contribution in [1.82, 2.24) is 0 Å². The quantitative estimate of drug-likeness (QED) is 0.332. The Labute approximate surface area is 189 Å². The van der Waals surface area contributed by atoms with Crippen LogP contribution in [0.3, 0.4) is 0 Å². The monoisotopic (exact) mass is 483 g/mol. The van der Waals surface area contributed by atoms with Gasteiger partial charge < -0.3 is 8.92 Å². The molecule has 3 rings (SSSR count). The maximum atomic E-state index is 13.0. The van der Waals surface area contributed by atoms with Gasteiger partial charge in [0.25, 0.3) is 5.91 Å². The fourth-order valence-electron chi connectivity index (χ4n) is 2.81. The smallest absolute Gasteiger partial charge is 0.306 e. The molecule has 1 saturated heterocycles. The summed E-state index contributed by atoms with van der Waals surface area (Å²) in [5, 5.41) is 0.0482. The number of halogens is 1. The second-order valence-electron chi connectivity index (χ2n) is 6.35. The van der Waals surface area contributed by atoms with Crippen molar-refractivity contribution in [2.45, 2.75) is 13.8 Å². The van der Waals surface area contributed by atoms with Crippen LogP contribution in [0.5, 0.6) is 11.5 Å². The molecule has 0 atom stereocenters. The molecule has 1 aliphatic heterocycles. The number of ether oxygens (including phenoxy) is 1. The molecule has 0 bridgehead atoms. The third-order valence-corrected chi connectivity index (χ3v) is 6.07. The third kappa shape index (κ3) is 4.97. The van der Waals surface area contributed by atoms with Gasteiger partial charge in [0.1, 0.15) is 0 Å². The Balaban J connectivity index is 2.00. The molecule has 1 amide bonds. The number of carbonyl (C=O) groups is 1. The second-order valence-corrected chi connectivity index (χ2v) is 10.0. The van der Waals surface area contributed by atoms with Gasteiger partial charge in [0.05, 0.1) is 28.5 Å². The van der Waals surface area contributed by atoms with E-state index in [-0.39, 0.29) is 29.0 Å². The first-order valence-electron chi connectivity index (χ1n) is 8.80. The standard InChI is InChI=1S/C20H18ClNO5S3/c1-4-26-16-10-13(9-14(21)18(16)27-30(3,24)25)11-17-19(23)22(20(28)29-17)15-8-6-5-7-12(15)2/h5-11H,4H2,1-3H3/b17-11+. The molecule has 0 aliphatic carbocycles. The lowest BCUT2D eigenvalue weighted by atomic mass is 10.1. The molecule has 1 fully saturated rings. The van der Waals surface area contributed by atoms with Crippen LogP contribution >= 0.6 is 35.6 Å². The first-order chi connectivity index (χ1) is 14.1. The fourth-order valence-corrected chi connectivity index (χ4v) is 4.87. The zero-order chi connectivity index (χ0) is 22.1. The minimum Gasteiger partial charge on any atom is -0.490 e. The van der Waals surface area contributed by atoms with Crippen LogP contribution in [0.4, 0.5) is 5.69 Å². The average molecular weight is 484 g/mol. The number of nitrogens with zero attached hydrogens (tertiary/aromatic N) is 1. The fraction of sp³-hybridized carbons (Fsp3) is 0.200. The number of anilines is 1. The van der Waals surface area contributed by atoms with Gasteiger partial charge in [0.15, 0.2) is 10.1 Å². The van der Waals surface area contributed by atoms with E-state index in [9.17, 15) is 13.2 Å². The molecule has 0 aromatic heterocycles. The predicted molar refractivity (Wildman–Crippen MR) is 125 cm³/mol. The lowest BCUT2D eigenvalue weighted by Gasteiger charge is -2.16. The largest absolute Gasteiger partial charge is 0.490 e. The van der Waals surface area contributed by atoms with E-state index in [0.29, 0.717) is 14.8 Å². The van der Waals surface area contributed by atoms with Gasteiger partial charge >= 0.3 is 10.1 Å². The minimum atomic E-state index is -3.80. The Bertz CT molecular complexity index is 1160. The lowest BCUT2D eigenvalue weighted by molar-refractivity contribution is -0.113. The molecule has 10 heteroatoms. The van der Waals surface area contributed by atoms with Crippen molar-refractivity contribution in [2.24, 2.45) is 0 Å².